The molecular weight excluding hydrogens is 889 g/mol. The van der Waals surface area contributed by atoms with Gasteiger partial charge < -0.3 is 4.57 Å². The lowest BCUT2D eigenvalue weighted by Crippen LogP contribution is -2.76. The second-order valence-corrected chi connectivity index (χ2v) is 27.1. The number of allylic oxidation sites excluding steroid dienone is 4. The molecule has 0 radical (unpaired) electrons. The van der Waals surface area contributed by atoms with Crippen LogP contribution in [0, 0.1) is 0 Å². The number of hydrogen-bond donors (Lipinski definition) is 0. The third-order valence-corrected chi connectivity index (χ3v) is 26.2. The highest BCUT2D eigenvalue weighted by molar-refractivity contribution is 8.00. The van der Waals surface area contributed by atoms with Crippen LogP contribution in [0.4, 0.5) is 0 Å². The molecule has 11 aromatic rings. The highest BCUT2D eigenvalue weighted by Gasteiger charge is 2.48. The molecule has 1 aliphatic carbocycles. The third-order valence-electron chi connectivity index (χ3n) is 15.1. The van der Waals surface area contributed by atoms with E-state index >= 15 is 0 Å². The van der Waals surface area contributed by atoms with Crippen LogP contribution in [0.25, 0.3) is 33.3 Å². The van der Waals surface area contributed by atoms with Gasteiger partial charge in [-0.25, -0.2) is 9.97 Å². The van der Waals surface area contributed by atoms with E-state index in [-0.39, 0.29) is 11.8 Å². The van der Waals surface area contributed by atoms with Crippen LogP contribution in [0.5, 0.6) is 0 Å². The number of imidazole rings is 1. The first kappa shape index (κ1) is 40.3. The molecule has 2 atom stereocenters. The van der Waals surface area contributed by atoms with Gasteiger partial charge in [0.05, 0.1) is 11.2 Å². The Hall–Kier alpha value is -7.82. The summed E-state index contributed by atoms with van der Waals surface area (Å²) >= 11 is 1.91. The van der Waals surface area contributed by atoms with Crippen molar-refractivity contribution in [3.8, 4) is 11.4 Å². The van der Waals surface area contributed by atoms with Crippen molar-refractivity contribution in [1.29, 1.82) is 0 Å². The first-order valence-corrected chi connectivity index (χ1v) is 28.6. The Morgan fingerprint density at radius 3 is 1.93 bits per heavy atom. The van der Waals surface area contributed by atoms with Crippen molar-refractivity contribution >= 4 is 86.2 Å². The van der Waals surface area contributed by atoms with Crippen molar-refractivity contribution in [2.75, 3.05) is 0 Å². The summed E-state index contributed by atoms with van der Waals surface area (Å²) in [6, 6.07) is 82.1. The number of para-hydroxylation sites is 1. The molecule has 2 aliphatic heterocycles. The molecule has 0 amide bonds. The Bertz CT molecular complexity index is 3760. The van der Waals surface area contributed by atoms with Crippen LogP contribution in [-0.4, -0.2) is 35.2 Å². The fourth-order valence-electron chi connectivity index (χ4n) is 12.3. The zero-order chi connectivity index (χ0) is 45.5. The van der Waals surface area contributed by atoms with Crippen LogP contribution < -0.4 is 36.3 Å². The maximum Gasteiger partial charge on any atom is 0.181 e. The van der Waals surface area contributed by atoms with Crippen LogP contribution in [-0.2, 0) is 0 Å². The number of benzene rings is 8. The van der Waals surface area contributed by atoms with Crippen molar-refractivity contribution in [3.63, 3.8) is 0 Å². The smallest absolute Gasteiger partial charge is 0.181 e. The molecule has 3 aliphatic rings. The Balaban J connectivity index is 1.04. The molecule has 4 nitrogen and oxygen atoms in total. The summed E-state index contributed by atoms with van der Waals surface area (Å²) in [5.41, 5.74) is 5.78. The molecule has 0 bridgehead atoms. The lowest BCUT2D eigenvalue weighted by atomic mass is 9.79. The predicted octanol–water partition coefficient (Wildman–Crippen LogP) is 9.59. The summed E-state index contributed by atoms with van der Waals surface area (Å²) in [7, 11) is -5.88. The van der Waals surface area contributed by atoms with Gasteiger partial charge in [0.1, 0.15) is 11.5 Å². The van der Waals surface area contributed by atoms with E-state index in [2.05, 4.69) is 252 Å². The van der Waals surface area contributed by atoms with E-state index < -0.39 is 16.1 Å². The minimum absolute atomic E-state index is 0.0757. The summed E-state index contributed by atoms with van der Waals surface area (Å²) in [5.74, 6) is 1.35. The van der Waals surface area contributed by atoms with E-state index in [4.69, 9.17) is 9.97 Å². The van der Waals surface area contributed by atoms with Gasteiger partial charge in [0.25, 0.3) is 0 Å². The van der Waals surface area contributed by atoms with Gasteiger partial charge in [-0.3, -0.25) is 4.57 Å². The van der Waals surface area contributed by atoms with E-state index in [1.807, 2.05) is 24.2 Å². The van der Waals surface area contributed by atoms with Gasteiger partial charge >= 0.3 is 0 Å². The predicted molar refractivity (Wildman–Crippen MR) is 290 cm³/mol. The van der Waals surface area contributed by atoms with Crippen molar-refractivity contribution in [3.05, 3.63) is 272 Å². The third kappa shape index (κ3) is 5.88. The quantitative estimate of drug-likeness (QED) is 0.118. The normalized spacial score (nSPS) is 16.5. The van der Waals surface area contributed by atoms with Gasteiger partial charge in [-0.05, 0) is 95.6 Å². The summed E-state index contributed by atoms with van der Waals surface area (Å²) in [6.07, 6.45) is 13.6. The maximum atomic E-state index is 5.24. The molecule has 326 valence electrons. The van der Waals surface area contributed by atoms with Crippen molar-refractivity contribution in [2.45, 2.75) is 21.6 Å². The van der Waals surface area contributed by atoms with Crippen LogP contribution in [0.3, 0.4) is 0 Å². The highest BCUT2D eigenvalue weighted by atomic mass is 32.2. The van der Waals surface area contributed by atoms with E-state index in [9.17, 15) is 0 Å². The van der Waals surface area contributed by atoms with Crippen molar-refractivity contribution in [2.24, 2.45) is 0 Å². The summed E-state index contributed by atoms with van der Waals surface area (Å²) < 4.78 is 4.76. The number of rotatable bonds is 7. The number of fused-ring (bicyclic) bond motifs is 11. The highest BCUT2D eigenvalue weighted by Crippen LogP contribution is 2.46. The Labute approximate surface area is 407 Å². The zero-order valence-corrected chi connectivity index (χ0v) is 40.4. The van der Waals surface area contributed by atoms with Gasteiger partial charge in [0, 0.05) is 56.7 Å². The zero-order valence-electron chi connectivity index (χ0n) is 37.6. The molecule has 2 unspecified atom stereocenters. The summed E-state index contributed by atoms with van der Waals surface area (Å²) in [6.45, 7) is 0. The fraction of sp³-hybridized carbons (Fsp3) is 0.0323. The van der Waals surface area contributed by atoms with E-state index in [1.54, 1.807) is 0 Å². The lowest BCUT2D eigenvalue weighted by molar-refractivity contribution is 0.633. The van der Waals surface area contributed by atoms with Gasteiger partial charge in [0.15, 0.2) is 16.1 Å². The fourth-order valence-corrected chi connectivity index (χ4v) is 24.1. The largest absolute Gasteiger partial charge is 0.303 e. The van der Waals surface area contributed by atoms with Crippen LogP contribution in [0.2, 0.25) is 0 Å². The molecule has 0 saturated carbocycles. The number of aromatic nitrogens is 4. The van der Waals surface area contributed by atoms with E-state index in [1.165, 1.54) is 73.4 Å². The lowest BCUT2D eigenvalue weighted by Gasteiger charge is -2.40. The molecule has 5 heterocycles. The summed E-state index contributed by atoms with van der Waals surface area (Å²) in [4.78, 5) is 13.0. The van der Waals surface area contributed by atoms with E-state index in [0.29, 0.717) is 0 Å². The van der Waals surface area contributed by atoms with Crippen molar-refractivity contribution < 1.29 is 0 Å². The average Bonchev–Trinajstić information content (AvgIpc) is 4.05. The second kappa shape index (κ2) is 15.9. The molecule has 8 aromatic carbocycles. The molecule has 69 heavy (non-hydrogen) atoms. The first-order chi connectivity index (χ1) is 34.2. The SMILES string of the molecule is C1=CC2c3ccccc3-n3ccnc3C2C=C1[Si](c1ccccc1)(c1ccccc1)c1cccc(-n2c3cc4c(cc3c3cccnc32)Sc2ccccc2[Si]4(c2ccccc2)c2ccccc2)c1. The Morgan fingerprint density at radius 1 is 0.507 bits per heavy atom. The standard InChI is InChI=1S/C62H44N4SSi2/c1-5-20-44(21-6-1)68(45-22-7-2-8-23-45,49-34-35-50-51-29-13-14-31-55(51)65-38-37-64-61(65)54(50)40-49)48-28-17-19-43(39-48)66-56-42-60-58(41-53(56)52-30-18-36-63-62(52)66)67-57-32-15-16-33-59(57)69(60,46-24-9-3-10-25-46)47-26-11-4-12-27-47/h1-42,50,54H. The van der Waals surface area contributed by atoms with Crippen LogP contribution in [0.1, 0.15) is 23.2 Å². The average molecular weight is 933 g/mol. The second-order valence-electron chi connectivity index (χ2n) is 18.4. The Morgan fingerprint density at radius 2 is 1.17 bits per heavy atom. The minimum Gasteiger partial charge on any atom is -0.303 e. The van der Waals surface area contributed by atoms with Gasteiger partial charge in [-0.15, -0.1) is 0 Å². The van der Waals surface area contributed by atoms with E-state index in [0.717, 1.165) is 22.5 Å². The monoisotopic (exact) mass is 932 g/mol. The Kier molecular flexibility index (Phi) is 9.27. The van der Waals surface area contributed by atoms with Gasteiger partial charge in [0.2, 0.25) is 0 Å². The molecule has 14 rings (SSSR count). The number of nitrogens with zero attached hydrogens (tertiary/aromatic N) is 4. The maximum absolute atomic E-state index is 5.24. The van der Waals surface area contributed by atoms with Crippen molar-refractivity contribution in [1.82, 2.24) is 19.1 Å². The molecule has 3 aromatic heterocycles. The van der Waals surface area contributed by atoms with Crippen LogP contribution >= 0.6 is 11.8 Å². The molecule has 0 saturated heterocycles. The molecule has 0 N–H and O–H groups in total. The molecule has 7 heteroatoms. The molecular formula is C62H44N4SSi2. The van der Waals surface area contributed by atoms with Gasteiger partial charge in [-0.1, -0.05) is 200 Å². The topological polar surface area (TPSA) is 35.6 Å². The van der Waals surface area contributed by atoms with Crippen LogP contribution in [0.15, 0.2) is 270 Å². The summed E-state index contributed by atoms with van der Waals surface area (Å²) in [5, 5.41) is 13.3. The number of pyridine rings is 1. The molecule has 0 spiro atoms. The first-order valence-electron chi connectivity index (χ1n) is 23.8. The minimum atomic E-state index is -3.04. The molecule has 0 fully saturated rings. The van der Waals surface area contributed by atoms with Gasteiger partial charge in [-0.2, -0.15) is 0 Å². The number of hydrogen-bond acceptors (Lipinski definition) is 3.